The number of hydrogen-bond donors (Lipinski definition) is 2. The van der Waals surface area contributed by atoms with Gasteiger partial charge in [0.05, 0.1) is 11.5 Å². The van der Waals surface area contributed by atoms with Crippen LogP contribution in [0.4, 0.5) is 17.5 Å². The highest BCUT2D eigenvalue weighted by Gasteiger charge is 2.47. The van der Waals surface area contributed by atoms with E-state index < -0.39 is 0 Å². The van der Waals surface area contributed by atoms with Crippen LogP contribution in [0.25, 0.3) is 11.0 Å². The first-order chi connectivity index (χ1) is 17.4. The van der Waals surface area contributed by atoms with Crippen LogP contribution in [0.3, 0.4) is 0 Å². The normalized spacial score (nSPS) is 21.9. The number of amides is 2. The van der Waals surface area contributed by atoms with E-state index in [0.29, 0.717) is 11.5 Å². The van der Waals surface area contributed by atoms with E-state index in [-0.39, 0.29) is 23.3 Å². The second-order valence-electron chi connectivity index (χ2n) is 10.5. The van der Waals surface area contributed by atoms with Gasteiger partial charge in [-0.05, 0) is 50.2 Å². The molecule has 9 heteroatoms. The molecule has 6 rings (SSSR count). The monoisotopic (exact) mass is 487 g/mol. The van der Waals surface area contributed by atoms with Gasteiger partial charge in [0.2, 0.25) is 11.9 Å². The average molecular weight is 488 g/mol. The lowest BCUT2D eigenvalue weighted by molar-refractivity contribution is -0.124. The minimum absolute atomic E-state index is 0.0704. The Labute approximate surface area is 210 Å². The minimum Gasteiger partial charge on any atom is -0.336 e. The van der Waals surface area contributed by atoms with Gasteiger partial charge in [0.1, 0.15) is 11.5 Å². The summed E-state index contributed by atoms with van der Waals surface area (Å²) in [6.45, 7) is 5.36. The molecule has 188 valence electrons. The van der Waals surface area contributed by atoms with E-state index in [9.17, 15) is 9.59 Å². The van der Waals surface area contributed by atoms with Crippen molar-refractivity contribution in [3.8, 4) is 0 Å². The average Bonchev–Trinajstić information content (AvgIpc) is 3.26. The molecular formula is C27H33N7O2. The molecule has 2 fully saturated rings. The lowest BCUT2D eigenvalue weighted by Gasteiger charge is -2.46. The maximum absolute atomic E-state index is 12.9. The number of nitrogens with one attached hydrogen (secondary N) is 2. The summed E-state index contributed by atoms with van der Waals surface area (Å²) in [5, 5.41) is 7.30. The van der Waals surface area contributed by atoms with Crippen molar-refractivity contribution in [2.24, 2.45) is 5.92 Å². The molecule has 2 aromatic heterocycles. The molecule has 0 radical (unpaired) electrons. The van der Waals surface area contributed by atoms with Crippen LogP contribution >= 0.6 is 0 Å². The van der Waals surface area contributed by atoms with Gasteiger partial charge < -0.3 is 25.0 Å². The molecule has 1 aliphatic carbocycles. The molecule has 1 saturated heterocycles. The summed E-state index contributed by atoms with van der Waals surface area (Å²) in [6.07, 6.45) is 7.22. The second-order valence-corrected chi connectivity index (χ2v) is 10.5. The van der Waals surface area contributed by atoms with Gasteiger partial charge in [-0.2, -0.15) is 4.98 Å². The van der Waals surface area contributed by atoms with Gasteiger partial charge in [-0.1, -0.05) is 26.2 Å². The van der Waals surface area contributed by atoms with Crippen LogP contribution in [0.2, 0.25) is 0 Å². The van der Waals surface area contributed by atoms with E-state index in [1.54, 1.807) is 0 Å². The summed E-state index contributed by atoms with van der Waals surface area (Å²) in [4.78, 5) is 39.2. The molecule has 2 N–H and O–H groups in total. The number of hydrogen-bond acceptors (Lipinski definition) is 6. The van der Waals surface area contributed by atoms with Gasteiger partial charge in [0.25, 0.3) is 5.91 Å². The summed E-state index contributed by atoms with van der Waals surface area (Å²) >= 11 is 0. The molecule has 1 spiro atoms. The van der Waals surface area contributed by atoms with Crippen LogP contribution in [0.1, 0.15) is 49.4 Å². The number of likely N-dealkylation sites (N-methyl/N-ethyl adjacent to an activating group) is 1. The standard InChI is InChI=1S/C27H33N7O2/c1-18-24(35)30-22-16-20-17-28-26(31-23(20)34(22)27(18)10-4-3-5-11-27)29-21-8-6-19(7-9-21)25(36)33-14-12-32(2)13-15-33/h6-9,16-18H,3-5,10-15H2,1-2H3,(H,30,35)(H,28,29,31). The highest BCUT2D eigenvalue weighted by atomic mass is 16.2. The van der Waals surface area contributed by atoms with Crippen LogP contribution in [0.15, 0.2) is 36.5 Å². The zero-order chi connectivity index (χ0) is 24.9. The molecule has 0 bridgehead atoms. The summed E-state index contributed by atoms with van der Waals surface area (Å²) in [6, 6.07) is 9.49. The first-order valence-corrected chi connectivity index (χ1v) is 13.0. The Kier molecular flexibility index (Phi) is 5.67. The summed E-state index contributed by atoms with van der Waals surface area (Å²) < 4.78 is 2.26. The smallest absolute Gasteiger partial charge is 0.253 e. The van der Waals surface area contributed by atoms with Crippen molar-refractivity contribution in [3.05, 3.63) is 42.1 Å². The number of anilines is 3. The number of fused-ring (bicyclic) bond motifs is 4. The van der Waals surface area contributed by atoms with Gasteiger partial charge in [-0.3, -0.25) is 9.59 Å². The Hall–Kier alpha value is -3.46. The van der Waals surface area contributed by atoms with Gasteiger partial charge in [-0.25, -0.2) is 4.98 Å². The third-order valence-electron chi connectivity index (χ3n) is 8.33. The predicted molar refractivity (Wildman–Crippen MR) is 140 cm³/mol. The zero-order valence-electron chi connectivity index (χ0n) is 21.0. The van der Waals surface area contributed by atoms with Crippen molar-refractivity contribution in [1.29, 1.82) is 0 Å². The molecule has 3 aliphatic rings. The van der Waals surface area contributed by atoms with Crippen molar-refractivity contribution in [2.45, 2.75) is 44.6 Å². The quantitative estimate of drug-likeness (QED) is 0.583. The number of rotatable bonds is 3. The fraction of sp³-hybridized carbons (Fsp3) is 0.481. The van der Waals surface area contributed by atoms with Gasteiger partial charge >= 0.3 is 0 Å². The number of carbonyl (C=O) groups is 2. The molecule has 9 nitrogen and oxygen atoms in total. The van der Waals surface area contributed by atoms with Crippen LogP contribution in [0, 0.1) is 5.92 Å². The topological polar surface area (TPSA) is 95.4 Å². The molecule has 2 amide bonds. The third kappa shape index (κ3) is 3.82. The van der Waals surface area contributed by atoms with Crippen LogP contribution in [-0.4, -0.2) is 69.4 Å². The first-order valence-electron chi connectivity index (χ1n) is 13.0. The Balaban J connectivity index is 1.26. The number of aromatic nitrogens is 3. The predicted octanol–water partition coefficient (Wildman–Crippen LogP) is 3.81. The summed E-state index contributed by atoms with van der Waals surface area (Å²) in [5.74, 6) is 1.36. The maximum Gasteiger partial charge on any atom is 0.253 e. The molecule has 2 aliphatic heterocycles. The first kappa shape index (κ1) is 23.0. The Morgan fingerprint density at radius 1 is 1.08 bits per heavy atom. The van der Waals surface area contributed by atoms with Gasteiger partial charge in [-0.15, -0.1) is 0 Å². The van der Waals surface area contributed by atoms with E-state index in [1.807, 2.05) is 48.4 Å². The number of piperazine rings is 1. The minimum atomic E-state index is -0.242. The van der Waals surface area contributed by atoms with Crippen molar-refractivity contribution in [3.63, 3.8) is 0 Å². The van der Waals surface area contributed by atoms with E-state index in [2.05, 4.69) is 32.1 Å². The van der Waals surface area contributed by atoms with Crippen molar-refractivity contribution >= 4 is 40.3 Å². The summed E-state index contributed by atoms with van der Waals surface area (Å²) in [7, 11) is 2.08. The van der Waals surface area contributed by atoms with Gasteiger partial charge in [0, 0.05) is 49.0 Å². The van der Waals surface area contributed by atoms with Crippen LogP contribution in [-0.2, 0) is 10.3 Å². The van der Waals surface area contributed by atoms with E-state index >= 15 is 0 Å². The molecule has 1 unspecified atom stereocenters. The molecule has 36 heavy (non-hydrogen) atoms. The van der Waals surface area contributed by atoms with E-state index in [1.165, 1.54) is 6.42 Å². The maximum atomic E-state index is 12.9. The molecule has 4 heterocycles. The molecular weight excluding hydrogens is 454 g/mol. The van der Waals surface area contributed by atoms with Crippen LogP contribution < -0.4 is 10.6 Å². The zero-order valence-corrected chi connectivity index (χ0v) is 21.0. The largest absolute Gasteiger partial charge is 0.336 e. The lowest BCUT2D eigenvalue weighted by atomic mass is 9.72. The number of benzene rings is 1. The fourth-order valence-corrected chi connectivity index (χ4v) is 6.10. The Bertz CT molecular complexity index is 1300. The Morgan fingerprint density at radius 3 is 2.53 bits per heavy atom. The molecule has 3 aromatic rings. The van der Waals surface area contributed by atoms with Crippen molar-refractivity contribution in [1.82, 2.24) is 24.3 Å². The van der Waals surface area contributed by atoms with Crippen molar-refractivity contribution < 1.29 is 9.59 Å². The van der Waals surface area contributed by atoms with E-state index in [4.69, 9.17) is 4.98 Å². The lowest BCUT2D eigenvalue weighted by Crippen LogP contribution is -2.51. The molecule has 1 atom stereocenters. The van der Waals surface area contributed by atoms with Gasteiger partial charge in [0.15, 0.2) is 0 Å². The highest BCUT2D eigenvalue weighted by molar-refractivity contribution is 5.98. The second kappa shape index (κ2) is 8.89. The molecule has 1 saturated carbocycles. The Morgan fingerprint density at radius 2 is 1.81 bits per heavy atom. The SMILES string of the molecule is CC1C(=O)Nc2cc3cnc(Nc4ccc(C(=O)N5CCN(C)CC5)cc4)nc3n2C12CCCCC2. The number of nitrogens with zero attached hydrogens (tertiary/aromatic N) is 5. The summed E-state index contributed by atoms with van der Waals surface area (Å²) in [5.41, 5.74) is 2.11. The van der Waals surface area contributed by atoms with Crippen molar-refractivity contribution in [2.75, 3.05) is 43.9 Å². The van der Waals surface area contributed by atoms with E-state index in [0.717, 1.165) is 74.4 Å². The fourth-order valence-electron chi connectivity index (χ4n) is 6.10. The number of carbonyl (C=O) groups excluding carboxylic acids is 2. The van der Waals surface area contributed by atoms with Crippen LogP contribution in [0.5, 0.6) is 0 Å². The molecule has 1 aromatic carbocycles. The third-order valence-corrected chi connectivity index (χ3v) is 8.33. The highest BCUT2D eigenvalue weighted by Crippen LogP contribution is 2.48.